The molecule has 1 aromatic carbocycles. The molecule has 0 N–H and O–H groups in total. The van der Waals surface area contributed by atoms with Crippen molar-refractivity contribution in [2.45, 2.75) is 20.8 Å². The van der Waals surface area contributed by atoms with Gasteiger partial charge in [-0.1, -0.05) is 24.8 Å². The average Bonchev–Trinajstić information content (AvgIpc) is 2.40. The van der Waals surface area contributed by atoms with Crippen molar-refractivity contribution in [1.29, 1.82) is 0 Å². The first-order valence-electron chi connectivity index (χ1n) is 6.11. The lowest BCUT2D eigenvalue weighted by Crippen LogP contribution is -2.11. The molecule has 0 radical (unpaired) electrons. The number of carbonyl (C=O) groups is 1. The van der Waals surface area contributed by atoms with E-state index >= 15 is 0 Å². The van der Waals surface area contributed by atoms with E-state index in [0.717, 1.165) is 16.7 Å². The Morgan fingerprint density at radius 3 is 2.58 bits per heavy atom. The summed E-state index contributed by atoms with van der Waals surface area (Å²) >= 11 is 0. The first-order chi connectivity index (χ1) is 8.99. The van der Waals surface area contributed by atoms with Crippen molar-refractivity contribution in [3.63, 3.8) is 0 Å². The summed E-state index contributed by atoms with van der Waals surface area (Å²) in [6, 6.07) is 3.87. The maximum atomic E-state index is 11.8. The number of aryl methyl sites for hydroxylation is 1. The van der Waals surface area contributed by atoms with Crippen molar-refractivity contribution in [2.75, 3.05) is 13.4 Å². The molecule has 0 fully saturated rings. The fraction of sp³-hybridized carbons (Fsp3) is 0.312. The third-order valence-electron chi connectivity index (χ3n) is 3.14. The first-order valence-corrected chi connectivity index (χ1v) is 6.11. The normalized spacial score (nSPS) is 10.1. The number of esters is 1. The molecule has 0 bridgehead atoms. The smallest absolute Gasteiger partial charge is 0.340 e. The molecule has 1 rings (SSSR count). The average molecular weight is 260 g/mol. The van der Waals surface area contributed by atoms with Crippen LogP contribution in [0.3, 0.4) is 0 Å². The highest BCUT2D eigenvalue weighted by atomic mass is 16.7. The number of ether oxygens (including phenoxy) is 2. The first kappa shape index (κ1) is 15.2. The molecule has 0 saturated heterocycles. The van der Waals surface area contributed by atoms with Crippen molar-refractivity contribution < 1.29 is 14.3 Å². The van der Waals surface area contributed by atoms with Crippen molar-refractivity contribution in [3.8, 4) is 0 Å². The summed E-state index contributed by atoms with van der Waals surface area (Å²) in [4.78, 5) is 11.8. The fourth-order valence-electron chi connectivity index (χ4n) is 1.71. The summed E-state index contributed by atoms with van der Waals surface area (Å²) in [5, 5.41) is 0. The Hall–Kier alpha value is -1.87. The van der Waals surface area contributed by atoms with Gasteiger partial charge in [-0.05, 0) is 43.0 Å². The lowest BCUT2D eigenvalue weighted by atomic mass is 9.95. The minimum atomic E-state index is -0.463. The summed E-state index contributed by atoms with van der Waals surface area (Å²) in [5.41, 5.74) is 4.57. The van der Waals surface area contributed by atoms with Crippen LogP contribution in [0.5, 0.6) is 0 Å². The van der Waals surface area contributed by atoms with Gasteiger partial charge in [0, 0.05) is 0 Å². The van der Waals surface area contributed by atoms with Crippen LogP contribution in [0.25, 0.3) is 5.57 Å². The van der Waals surface area contributed by atoms with Crippen LogP contribution in [-0.2, 0) is 14.3 Å². The van der Waals surface area contributed by atoms with E-state index in [1.807, 2.05) is 32.9 Å². The molecule has 0 amide bonds. The van der Waals surface area contributed by atoms with Crippen molar-refractivity contribution in [3.05, 3.63) is 53.6 Å². The zero-order valence-electron chi connectivity index (χ0n) is 11.8. The Bertz CT molecular complexity index is 501. The van der Waals surface area contributed by atoms with Gasteiger partial charge in [0.25, 0.3) is 0 Å². The molecule has 0 aliphatic carbocycles. The van der Waals surface area contributed by atoms with Crippen molar-refractivity contribution in [2.24, 2.45) is 0 Å². The van der Waals surface area contributed by atoms with E-state index in [9.17, 15) is 4.79 Å². The Morgan fingerprint density at radius 2 is 1.95 bits per heavy atom. The molecule has 0 spiro atoms. The van der Waals surface area contributed by atoms with Crippen molar-refractivity contribution >= 4 is 11.5 Å². The Labute approximate surface area is 114 Å². The molecular formula is C16H20O3. The lowest BCUT2D eigenvalue weighted by molar-refractivity contribution is -0.147. The molecule has 1 aromatic rings. The third-order valence-corrected chi connectivity index (χ3v) is 3.14. The summed E-state index contributed by atoms with van der Waals surface area (Å²) in [5.74, 6) is -0.463. The van der Waals surface area contributed by atoms with Crippen LogP contribution in [0, 0.1) is 20.8 Å². The highest BCUT2D eigenvalue weighted by Crippen LogP contribution is 2.23. The molecule has 19 heavy (non-hydrogen) atoms. The van der Waals surface area contributed by atoms with Crippen LogP contribution in [0.1, 0.15) is 22.3 Å². The van der Waals surface area contributed by atoms with E-state index in [1.165, 1.54) is 5.56 Å². The van der Waals surface area contributed by atoms with E-state index in [1.54, 1.807) is 6.08 Å². The molecule has 0 aromatic heterocycles. The lowest BCUT2D eigenvalue weighted by Gasteiger charge is -2.13. The molecule has 3 nitrogen and oxygen atoms in total. The maximum absolute atomic E-state index is 11.8. The second kappa shape index (κ2) is 6.90. The topological polar surface area (TPSA) is 35.5 Å². The summed E-state index contributed by atoms with van der Waals surface area (Å²) in [6.45, 7) is 13.6. The van der Waals surface area contributed by atoms with E-state index < -0.39 is 5.97 Å². The quantitative estimate of drug-likeness (QED) is 0.259. The number of carbonyl (C=O) groups excluding carboxylic acids is 1. The molecule has 0 saturated carbocycles. The SMILES string of the molecule is C=CCOCOC(=O)C(=C)c1ccc(C)c(C)c1C. The molecular weight excluding hydrogens is 240 g/mol. The van der Waals surface area contributed by atoms with Gasteiger partial charge in [-0.25, -0.2) is 4.79 Å². The van der Waals surface area contributed by atoms with E-state index in [4.69, 9.17) is 9.47 Å². The van der Waals surface area contributed by atoms with Crippen LogP contribution in [0.2, 0.25) is 0 Å². The van der Waals surface area contributed by atoms with Gasteiger partial charge in [-0.2, -0.15) is 0 Å². The predicted molar refractivity (Wildman–Crippen MR) is 76.8 cm³/mol. The van der Waals surface area contributed by atoms with Crippen LogP contribution in [0.4, 0.5) is 0 Å². The van der Waals surface area contributed by atoms with Gasteiger partial charge in [-0.3, -0.25) is 0 Å². The minimum absolute atomic E-state index is 0.0895. The highest BCUT2D eigenvalue weighted by molar-refractivity contribution is 6.16. The monoisotopic (exact) mass is 260 g/mol. The van der Waals surface area contributed by atoms with Crippen LogP contribution < -0.4 is 0 Å². The molecule has 0 heterocycles. The van der Waals surface area contributed by atoms with E-state index in [0.29, 0.717) is 12.2 Å². The van der Waals surface area contributed by atoms with Gasteiger partial charge in [0.2, 0.25) is 0 Å². The van der Waals surface area contributed by atoms with Crippen molar-refractivity contribution in [1.82, 2.24) is 0 Å². The van der Waals surface area contributed by atoms with E-state index in [2.05, 4.69) is 13.2 Å². The molecule has 0 aliphatic rings. The second-order valence-electron chi connectivity index (χ2n) is 4.37. The number of hydrogen-bond donors (Lipinski definition) is 0. The predicted octanol–water partition coefficient (Wildman–Crippen LogP) is 3.33. The summed E-state index contributed by atoms with van der Waals surface area (Å²) in [6.07, 6.45) is 1.59. The fourth-order valence-corrected chi connectivity index (χ4v) is 1.71. The van der Waals surface area contributed by atoms with Crippen LogP contribution >= 0.6 is 0 Å². The molecule has 0 atom stereocenters. The standard InChI is InChI=1S/C16H20O3/c1-6-9-18-10-19-16(17)14(5)15-8-7-11(2)12(3)13(15)4/h6-8H,1,5,9-10H2,2-4H3. The zero-order chi connectivity index (χ0) is 14.4. The van der Waals surface area contributed by atoms with Crippen LogP contribution in [0.15, 0.2) is 31.4 Å². The van der Waals surface area contributed by atoms with Gasteiger partial charge in [0.1, 0.15) is 0 Å². The Morgan fingerprint density at radius 1 is 1.26 bits per heavy atom. The molecule has 0 unspecified atom stereocenters. The molecule has 0 aliphatic heterocycles. The highest BCUT2D eigenvalue weighted by Gasteiger charge is 2.14. The van der Waals surface area contributed by atoms with Gasteiger partial charge in [-0.15, -0.1) is 6.58 Å². The third kappa shape index (κ3) is 3.80. The summed E-state index contributed by atoms with van der Waals surface area (Å²) in [7, 11) is 0. The van der Waals surface area contributed by atoms with E-state index in [-0.39, 0.29) is 6.79 Å². The second-order valence-corrected chi connectivity index (χ2v) is 4.37. The van der Waals surface area contributed by atoms with Gasteiger partial charge < -0.3 is 9.47 Å². The molecule has 3 heteroatoms. The number of benzene rings is 1. The Balaban J connectivity index is 2.75. The maximum Gasteiger partial charge on any atom is 0.340 e. The van der Waals surface area contributed by atoms with Gasteiger partial charge >= 0.3 is 5.97 Å². The minimum Gasteiger partial charge on any atom is -0.435 e. The van der Waals surface area contributed by atoms with Gasteiger partial charge in [0.05, 0.1) is 12.2 Å². The zero-order valence-corrected chi connectivity index (χ0v) is 11.8. The van der Waals surface area contributed by atoms with Gasteiger partial charge in [0.15, 0.2) is 6.79 Å². The summed E-state index contributed by atoms with van der Waals surface area (Å²) < 4.78 is 9.99. The largest absolute Gasteiger partial charge is 0.435 e. The number of rotatable bonds is 6. The Kier molecular flexibility index (Phi) is 5.52. The van der Waals surface area contributed by atoms with Crippen LogP contribution in [-0.4, -0.2) is 19.4 Å². The number of hydrogen-bond acceptors (Lipinski definition) is 3. The molecule has 102 valence electrons.